The van der Waals surface area contributed by atoms with Gasteiger partial charge < -0.3 is 9.64 Å². The molecule has 0 aliphatic carbocycles. The van der Waals surface area contributed by atoms with Gasteiger partial charge in [-0.3, -0.25) is 14.2 Å². The van der Waals surface area contributed by atoms with E-state index < -0.39 is 5.97 Å². The molecule has 1 amide bonds. The van der Waals surface area contributed by atoms with Crippen molar-refractivity contribution in [1.82, 2.24) is 9.55 Å². The maximum Gasteiger partial charge on any atom is 0.348 e. The van der Waals surface area contributed by atoms with E-state index in [2.05, 4.69) is 11.9 Å². The van der Waals surface area contributed by atoms with Crippen molar-refractivity contribution in [3.63, 3.8) is 0 Å². The summed E-state index contributed by atoms with van der Waals surface area (Å²) in [6, 6.07) is 7.85. The van der Waals surface area contributed by atoms with Gasteiger partial charge in [-0.15, -0.1) is 23.1 Å². The standard InChI is InChI=1S/C22H23N3O4S2/c1-4-29-22(28)19-14(3)18-20(31-19)23-12-24(21(18)27)11-17(26)25-10-9-13(2)30-16-8-6-5-7-15(16)25/h5-8,12-13H,4,9-11H2,1-3H3. The Labute approximate surface area is 188 Å². The fourth-order valence-corrected chi connectivity index (χ4v) is 5.79. The minimum atomic E-state index is -0.460. The summed E-state index contributed by atoms with van der Waals surface area (Å²) < 4.78 is 6.40. The van der Waals surface area contributed by atoms with Crippen molar-refractivity contribution in [3.05, 3.63) is 51.4 Å². The zero-order valence-corrected chi connectivity index (χ0v) is 19.2. The summed E-state index contributed by atoms with van der Waals surface area (Å²) in [6.45, 7) is 6.34. The van der Waals surface area contributed by atoms with Gasteiger partial charge in [-0.1, -0.05) is 19.1 Å². The Morgan fingerprint density at radius 1 is 1.29 bits per heavy atom. The van der Waals surface area contributed by atoms with E-state index in [-0.39, 0.29) is 24.6 Å². The first kappa shape index (κ1) is 21.6. The molecule has 0 N–H and O–H groups in total. The summed E-state index contributed by atoms with van der Waals surface area (Å²) in [6.07, 6.45) is 2.25. The maximum atomic E-state index is 13.2. The van der Waals surface area contributed by atoms with Crippen LogP contribution in [0.4, 0.5) is 5.69 Å². The Morgan fingerprint density at radius 2 is 2.06 bits per heavy atom. The van der Waals surface area contributed by atoms with Crippen LogP contribution in [0.2, 0.25) is 0 Å². The lowest BCUT2D eigenvalue weighted by Crippen LogP contribution is -2.37. The molecule has 0 fully saturated rings. The number of fused-ring (bicyclic) bond motifs is 2. The van der Waals surface area contributed by atoms with Gasteiger partial charge >= 0.3 is 5.97 Å². The molecule has 7 nitrogen and oxygen atoms in total. The maximum absolute atomic E-state index is 13.2. The zero-order valence-electron chi connectivity index (χ0n) is 17.6. The SMILES string of the molecule is CCOC(=O)c1sc2ncn(CC(=O)N3CCC(C)Sc4ccccc43)c(=O)c2c1C. The van der Waals surface area contributed by atoms with Crippen LogP contribution >= 0.6 is 23.1 Å². The summed E-state index contributed by atoms with van der Waals surface area (Å²) in [5.74, 6) is -0.623. The average Bonchev–Trinajstić information content (AvgIpc) is 2.98. The van der Waals surface area contributed by atoms with Crippen LogP contribution in [0.25, 0.3) is 10.2 Å². The Bertz CT molecular complexity index is 1220. The number of amides is 1. The smallest absolute Gasteiger partial charge is 0.348 e. The molecule has 1 unspecified atom stereocenters. The Morgan fingerprint density at radius 3 is 2.84 bits per heavy atom. The van der Waals surface area contributed by atoms with Gasteiger partial charge in [0.05, 0.1) is 24.0 Å². The lowest BCUT2D eigenvalue weighted by molar-refractivity contribution is -0.119. The number of para-hydroxylation sites is 1. The quantitative estimate of drug-likeness (QED) is 0.554. The highest BCUT2D eigenvalue weighted by Crippen LogP contribution is 2.37. The van der Waals surface area contributed by atoms with E-state index >= 15 is 0 Å². The molecule has 0 spiro atoms. The largest absolute Gasteiger partial charge is 0.462 e. The second kappa shape index (κ2) is 8.84. The summed E-state index contributed by atoms with van der Waals surface area (Å²) in [5.41, 5.74) is 1.09. The van der Waals surface area contributed by atoms with Gasteiger partial charge in [0.2, 0.25) is 5.91 Å². The first-order valence-corrected chi connectivity index (χ1v) is 11.8. The lowest BCUT2D eigenvalue weighted by Gasteiger charge is -2.22. The van der Waals surface area contributed by atoms with Gasteiger partial charge in [-0.2, -0.15) is 0 Å². The number of aromatic nitrogens is 2. The number of esters is 1. The van der Waals surface area contributed by atoms with E-state index in [4.69, 9.17) is 4.74 Å². The van der Waals surface area contributed by atoms with E-state index in [1.807, 2.05) is 24.3 Å². The molecule has 9 heteroatoms. The first-order valence-electron chi connectivity index (χ1n) is 10.1. The monoisotopic (exact) mass is 457 g/mol. The van der Waals surface area contributed by atoms with Crippen LogP contribution in [0.1, 0.15) is 35.5 Å². The minimum absolute atomic E-state index is 0.112. The number of carbonyl (C=O) groups excluding carboxylic acids is 2. The molecule has 1 atom stereocenters. The molecule has 3 heterocycles. The average molecular weight is 458 g/mol. The van der Waals surface area contributed by atoms with Crippen LogP contribution < -0.4 is 10.5 Å². The van der Waals surface area contributed by atoms with E-state index in [1.54, 1.807) is 30.5 Å². The summed E-state index contributed by atoms with van der Waals surface area (Å²) in [5, 5.41) is 0.762. The second-order valence-corrected chi connectivity index (χ2v) is 9.84. The summed E-state index contributed by atoms with van der Waals surface area (Å²) in [4.78, 5) is 46.5. The molecule has 0 bridgehead atoms. The number of thioether (sulfide) groups is 1. The van der Waals surface area contributed by atoms with Gasteiger partial charge in [0.1, 0.15) is 16.3 Å². The molecule has 3 aromatic rings. The molecular weight excluding hydrogens is 434 g/mol. The molecule has 1 aromatic carbocycles. The van der Waals surface area contributed by atoms with E-state index in [1.165, 1.54) is 10.9 Å². The molecule has 0 saturated carbocycles. The van der Waals surface area contributed by atoms with Gasteiger partial charge in [-0.25, -0.2) is 9.78 Å². The van der Waals surface area contributed by atoms with Crippen molar-refractivity contribution in [2.45, 2.75) is 43.9 Å². The Hall–Kier alpha value is -2.65. The van der Waals surface area contributed by atoms with Gasteiger partial charge in [-0.05, 0) is 38.0 Å². The molecule has 0 saturated heterocycles. The van der Waals surface area contributed by atoms with Crippen molar-refractivity contribution in [2.75, 3.05) is 18.1 Å². The summed E-state index contributed by atoms with van der Waals surface area (Å²) >= 11 is 2.90. The fourth-order valence-electron chi connectivity index (χ4n) is 3.64. The second-order valence-electron chi connectivity index (χ2n) is 7.36. The van der Waals surface area contributed by atoms with Crippen LogP contribution in [-0.2, 0) is 16.1 Å². The van der Waals surface area contributed by atoms with Crippen molar-refractivity contribution < 1.29 is 14.3 Å². The number of nitrogens with zero attached hydrogens (tertiary/aromatic N) is 3. The van der Waals surface area contributed by atoms with Gasteiger partial charge in [0, 0.05) is 16.7 Å². The fraction of sp³-hybridized carbons (Fsp3) is 0.364. The molecular formula is C22H23N3O4S2. The molecule has 4 rings (SSSR count). The highest BCUT2D eigenvalue weighted by Gasteiger charge is 2.25. The molecule has 0 radical (unpaired) electrons. The number of benzene rings is 1. The molecule has 31 heavy (non-hydrogen) atoms. The molecule has 1 aliphatic rings. The van der Waals surface area contributed by atoms with Crippen LogP contribution in [-0.4, -0.2) is 39.8 Å². The Kier molecular flexibility index (Phi) is 6.15. The van der Waals surface area contributed by atoms with Crippen LogP contribution in [0.5, 0.6) is 0 Å². The third-order valence-electron chi connectivity index (χ3n) is 5.23. The van der Waals surface area contributed by atoms with Crippen molar-refractivity contribution >= 4 is 50.9 Å². The topological polar surface area (TPSA) is 81.5 Å². The van der Waals surface area contributed by atoms with E-state index in [9.17, 15) is 14.4 Å². The van der Waals surface area contributed by atoms with Crippen molar-refractivity contribution in [1.29, 1.82) is 0 Å². The van der Waals surface area contributed by atoms with E-state index in [0.29, 0.717) is 32.5 Å². The number of ether oxygens (including phenoxy) is 1. The summed E-state index contributed by atoms with van der Waals surface area (Å²) in [7, 11) is 0. The number of thiophene rings is 1. The molecule has 1 aliphatic heterocycles. The number of rotatable bonds is 4. The number of hydrogen-bond donors (Lipinski definition) is 0. The third kappa shape index (κ3) is 4.12. The molecule has 162 valence electrons. The van der Waals surface area contributed by atoms with Gasteiger partial charge in [0.15, 0.2) is 0 Å². The zero-order chi connectivity index (χ0) is 22.1. The van der Waals surface area contributed by atoms with E-state index in [0.717, 1.165) is 28.3 Å². The highest BCUT2D eigenvalue weighted by molar-refractivity contribution is 8.00. The van der Waals surface area contributed by atoms with Crippen molar-refractivity contribution in [3.8, 4) is 0 Å². The normalized spacial score (nSPS) is 16.1. The first-order chi connectivity index (χ1) is 14.9. The lowest BCUT2D eigenvalue weighted by atomic mass is 10.2. The number of anilines is 1. The third-order valence-corrected chi connectivity index (χ3v) is 7.65. The highest BCUT2D eigenvalue weighted by atomic mass is 32.2. The minimum Gasteiger partial charge on any atom is -0.462 e. The predicted molar refractivity (Wildman–Crippen MR) is 123 cm³/mol. The van der Waals surface area contributed by atoms with Crippen LogP contribution in [0.15, 0.2) is 40.3 Å². The number of carbonyl (C=O) groups is 2. The van der Waals surface area contributed by atoms with Crippen LogP contribution in [0, 0.1) is 6.92 Å². The Balaban J connectivity index is 1.67. The van der Waals surface area contributed by atoms with Crippen LogP contribution in [0.3, 0.4) is 0 Å². The molecule has 2 aromatic heterocycles. The van der Waals surface area contributed by atoms with Gasteiger partial charge in [0.25, 0.3) is 5.56 Å². The number of aryl methyl sites for hydroxylation is 1. The van der Waals surface area contributed by atoms with Crippen molar-refractivity contribution in [2.24, 2.45) is 0 Å². The number of hydrogen-bond acceptors (Lipinski definition) is 7. The predicted octanol–water partition coefficient (Wildman–Crippen LogP) is 3.86.